The number of anilines is 3. The Labute approximate surface area is 182 Å². The van der Waals surface area contributed by atoms with Gasteiger partial charge in [-0.15, -0.1) is 0 Å². The standard InChI is InChI=1S/C24H29N5O2/c1-2-31-16-11-9-15(10-12-16)19-20-17(7-6-8-18(20)30)26-23-21(19)22(25)27-24(28-23)29-13-4-3-5-14-29/h9-12,19H,2-8,13-14H2,1H3,(H3,25,26,27,28)/t19-/m0/s1. The molecule has 7 nitrogen and oxygen atoms in total. The van der Waals surface area contributed by atoms with Crippen molar-refractivity contribution in [3.05, 3.63) is 46.7 Å². The van der Waals surface area contributed by atoms with Gasteiger partial charge in [0.15, 0.2) is 5.78 Å². The van der Waals surface area contributed by atoms with Crippen molar-refractivity contribution in [1.29, 1.82) is 0 Å². The Bertz CT molecular complexity index is 1030. The first-order chi connectivity index (χ1) is 15.2. The molecule has 0 saturated carbocycles. The minimum atomic E-state index is -0.259. The Balaban J connectivity index is 1.61. The summed E-state index contributed by atoms with van der Waals surface area (Å²) in [5.74, 6) is 2.60. The highest BCUT2D eigenvalue weighted by atomic mass is 16.5. The van der Waals surface area contributed by atoms with Gasteiger partial charge in [0.25, 0.3) is 0 Å². The number of fused-ring (bicyclic) bond motifs is 1. The molecule has 1 aromatic heterocycles. The Morgan fingerprint density at radius 2 is 1.87 bits per heavy atom. The van der Waals surface area contributed by atoms with Crippen molar-refractivity contribution in [2.45, 2.75) is 51.4 Å². The van der Waals surface area contributed by atoms with Crippen LogP contribution in [0.4, 0.5) is 17.6 Å². The average molecular weight is 420 g/mol. The number of aromatic nitrogens is 2. The predicted octanol–water partition coefficient (Wildman–Crippen LogP) is 4.01. The number of nitrogens with two attached hydrogens (primary N) is 1. The quantitative estimate of drug-likeness (QED) is 0.773. The summed E-state index contributed by atoms with van der Waals surface area (Å²) in [6.45, 7) is 4.48. The van der Waals surface area contributed by atoms with Crippen molar-refractivity contribution in [3.8, 4) is 5.75 Å². The van der Waals surface area contributed by atoms with Crippen molar-refractivity contribution in [2.75, 3.05) is 35.6 Å². The van der Waals surface area contributed by atoms with Gasteiger partial charge in [-0.3, -0.25) is 4.79 Å². The minimum Gasteiger partial charge on any atom is -0.494 e. The van der Waals surface area contributed by atoms with Gasteiger partial charge in [0.05, 0.1) is 6.61 Å². The zero-order chi connectivity index (χ0) is 21.4. The monoisotopic (exact) mass is 419 g/mol. The minimum absolute atomic E-state index is 0.179. The number of benzene rings is 1. The maximum Gasteiger partial charge on any atom is 0.229 e. The second-order valence-corrected chi connectivity index (χ2v) is 8.45. The zero-order valence-corrected chi connectivity index (χ0v) is 18.0. The number of ketones is 1. The molecule has 3 aliphatic rings. The molecule has 0 bridgehead atoms. The molecule has 2 aliphatic heterocycles. The van der Waals surface area contributed by atoms with Crippen molar-refractivity contribution in [1.82, 2.24) is 9.97 Å². The first-order valence-electron chi connectivity index (χ1n) is 11.3. The number of hydrogen-bond acceptors (Lipinski definition) is 7. The number of allylic oxidation sites excluding steroid dienone is 2. The fourth-order valence-electron chi connectivity index (χ4n) is 4.96. The molecule has 3 N–H and O–H groups in total. The van der Waals surface area contributed by atoms with Crippen LogP contribution < -0.4 is 20.7 Å². The molecule has 1 atom stereocenters. The van der Waals surface area contributed by atoms with E-state index in [0.717, 1.165) is 72.7 Å². The van der Waals surface area contributed by atoms with E-state index in [9.17, 15) is 4.79 Å². The van der Waals surface area contributed by atoms with Gasteiger partial charge in [-0.05, 0) is 56.7 Å². The molecule has 1 fully saturated rings. The van der Waals surface area contributed by atoms with Gasteiger partial charge in [0.2, 0.25) is 5.95 Å². The molecule has 1 aliphatic carbocycles. The van der Waals surface area contributed by atoms with E-state index in [4.69, 9.17) is 15.5 Å². The van der Waals surface area contributed by atoms with Crippen molar-refractivity contribution >= 4 is 23.4 Å². The highest BCUT2D eigenvalue weighted by Crippen LogP contribution is 2.47. The highest BCUT2D eigenvalue weighted by Gasteiger charge is 2.38. The third-order valence-electron chi connectivity index (χ3n) is 6.43. The van der Waals surface area contributed by atoms with Gasteiger partial charge >= 0.3 is 0 Å². The van der Waals surface area contributed by atoms with Gasteiger partial charge in [-0.25, -0.2) is 0 Å². The van der Waals surface area contributed by atoms with Crippen LogP contribution in [-0.2, 0) is 4.79 Å². The number of nitrogens with one attached hydrogen (secondary N) is 1. The van der Waals surface area contributed by atoms with Gasteiger partial charge in [0.1, 0.15) is 17.4 Å². The number of nitrogen functional groups attached to an aromatic ring is 1. The van der Waals surface area contributed by atoms with Crippen LogP contribution in [0.2, 0.25) is 0 Å². The maximum atomic E-state index is 13.0. The van der Waals surface area contributed by atoms with Crippen LogP contribution in [0.1, 0.15) is 62.5 Å². The second kappa shape index (κ2) is 8.21. The molecule has 0 spiro atoms. The lowest BCUT2D eigenvalue weighted by Crippen LogP contribution is -2.33. The van der Waals surface area contributed by atoms with Crippen molar-refractivity contribution < 1.29 is 9.53 Å². The van der Waals surface area contributed by atoms with Crippen LogP contribution in [0, 0.1) is 0 Å². The fourth-order valence-corrected chi connectivity index (χ4v) is 4.96. The Morgan fingerprint density at radius 1 is 1.10 bits per heavy atom. The van der Waals surface area contributed by atoms with Crippen LogP contribution in [-0.4, -0.2) is 35.4 Å². The molecule has 1 saturated heterocycles. The maximum absolute atomic E-state index is 13.0. The molecule has 5 rings (SSSR count). The molecule has 2 aromatic rings. The molecule has 1 aromatic carbocycles. The molecule has 0 unspecified atom stereocenters. The van der Waals surface area contributed by atoms with Crippen LogP contribution in [0.25, 0.3) is 0 Å². The predicted molar refractivity (Wildman–Crippen MR) is 121 cm³/mol. The average Bonchev–Trinajstić information content (AvgIpc) is 2.79. The summed E-state index contributed by atoms with van der Waals surface area (Å²) in [4.78, 5) is 24.8. The van der Waals surface area contributed by atoms with Crippen molar-refractivity contribution in [3.63, 3.8) is 0 Å². The molecule has 0 radical (unpaired) electrons. The highest BCUT2D eigenvalue weighted by molar-refractivity contribution is 6.01. The van der Waals surface area contributed by atoms with Gasteiger partial charge in [-0.2, -0.15) is 9.97 Å². The number of rotatable bonds is 4. The van der Waals surface area contributed by atoms with E-state index in [0.29, 0.717) is 24.8 Å². The summed E-state index contributed by atoms with van der Waals surface area (Å²) in [5, 5.41) is 3.46. The second-order valence-electron chi connectivity index (χ2n) is 8.45. The zero-order valence-electron chi connectivity index (χ0n) is 18.0. The van der Waals surface area contributed by atoms with E-state index in [1.165, 1.54) is 6.42 Å². The van der Waals surface area contributed by atoms with E-state index in [-0.39, 0.29) is 11.7 Å². The molecule has 162 valence electrons. The van der Waals surface area contributed by atoms with E-state index in [2.05, 4.69) is 15.2 Å². The Hall–Kier alpha value is -3.09. The first kappa shape index (κ1) is 19.8. The molecule has 31 heavy (non-hydrogen) atoms. The third-order valence-corrected chi connectivity index (χ3v) is 6.43. The summed E-state index contributed by atoms with van der Waals surface area (Å²) in [7, 11) is 0. The Morgan fingerprint density at radius 3 is 2.61 bits per heavy atom. The van der Waals surface area contributed by atoms with E-state index in [1.54, 1.807) is 0 Å². The van der Waals surface area contributed by atoms with Gasteiger partial charge in [-0.1, -0.05) is 12.1 Å². The summed E-state index contributed by atoms with van der Waals surface area (Å²) < 4.78 is 5.61. The number of carbonyl (C=O) groups is 1. The third kappa shape index (κ3) is 3.62. The smallest absolute Gasteiger partial charge is 0.229 e. The topological polar surface area (TPSA) is 93.4 Å². The Kier molecular flexibility index (Phi) is 5.26. The SMILES string of the molecule is CCOc1ccc([C@H]2C3=C(CCCC3=O)Nc3nc(N4CCCCC4)nc(N)c32)cc1. The van der Waals surface area contributed by atoms with Crippen LogP contribution in [0.5, 0.6) is 5.75 Å². The summed E-state index contributed by atoms with van der Waals surface area (Å²) in [5.41, 5.74) is 10.1. The number of carbonyl (C=O) groups excluding carboxylic acids is 1. The van der Waals surface area contributed by atoms with Gasteiger partial charge in [0, 0.05) is 42.3 Å². The first-order valence-corrected chi connectivity index (χ1v) is 11.3. The normalized spacial score (nSPS) is 20.7. The lowest BCUT2D eigenvalue weighted by molar-refractivity contribution is -0.116. The van der Waals surface area contributed by atoms with Crippen LogP contribution >= 0.6 is 0 Å². The fraction of sp³-hybridized carbons (Fsp3) is 0.458. The molecule has 3 heterocycles. The van der Waals surface area contributed by atoms with Crippen LogP contribution in [0.3, 0.4) is 0 Å². The van der Waals surface area contributed by atoms with E-state index < -0.39 is 0 Å². The van der Waals surface area contributed by atoms with Crippen LogP contribution in [0.15, 0.2) is 35.5 Å². The van der Waals surface area contributed by atoms with Gasteiger partial charge < -0.3 is 20.7 Å². The summed E-state index contributed by atoms with van der Waals surface area (Å²) >= 11 is 0. The molecular weight excluding hydrogens is 390 g/mol. The molecule has 0 amide bonds. The van der Waals surface area contributed by atoms with E-state index in [1.807, 2.05) is 31.2 Å². The molecular formula is C24H29N5O2. The number of nitrogens with zero attached hydrogens (tertiary/aromatic N) is 3. The van der Waals surface area contributed by atoms with E-state index >= 15 is 0 Å². The summed E-state index contributed by atoms with van der Waals surface area (Å²) in [6, 6.07) is 7.95. The summed E-state index contributed by atoms with van der Waals surface area (Å²) in [6.07, 6.45) is 5.80. The number of Topliss-reactive ketones (excluding diaryl/α,β-unsaturated/α-hetero) is 1. The number of hydrogen-bond donors (Lipinski definition) is 2. The lowest BCUT2D eigenvalue weighted by Gasteiger charge is -2.35. The molecule has 7 heteroatoms. The largest absolute Gasteiger partial charge is 0.494 e. The number of ether oxygens (including phenoxy) is 1. The lowest BCUT2D eigenvalue weighted by atomic mass is 9.76. The van der Waals surface area contributed by atoms with Crippen molar-refractivity contribution in [2.24, 2.45) is 0 Å². The number of piperidine rings is 1.